The van der Waals surface area contributed by atoms with Gasteiger partial charge >= 0.3 is 0 Å². The van der Waals surface area contributed by atoms with Crippen molar-refractivity contribution >= 4 is 23.1 Å². The number of nitrogens with zero attached hydrogens (tertiary/aromatic N) is 3. The summed E-state index contributed by atoms with van der Waals surface area (Å²) in [6.45, 7) is 10.4. The van der Waals surface area contributed by atoms with Gasteiger partial charge in [0.05, 0.1) is 18.4 Å². The molecule has 0 aliphatic carbocycles. The van der Waals surface area contributed by atoms with E-state index in [1.54, 1.807) is 31.4 Å². The van der Waals surface area contributed by atoms with E-state index in [0.717, 1.165) is 49.4 Å². The van der Waals surface area contributed by atoms with Crippen LogP contribution in [0.25, 0.3) is 5.57 Å². The average molecular weight is 420 g/mol. The number of methoxy groups -OCH3 is 1. The second-order valence-electron chi connectivity index (χ2n) is 8.09. The zero-order valence-electron chi connectivity index (χ0n) is 18.6. The van der Waals surface area contributed by atoms with Gasteiger partial charge in [-0.05, 0) is 61.3 Å². The lowest BCUT2D eigenvalue weighted by Gasteiger charge is -2.36. The van der Waals surface area contributed by atoms with E-state index in [0.29, 0.717) is 22.7 Å². The Labute approximate surface area is 183 Å². The number of benzene rings is 2. The summed E-state index contributed by atoms with van der Waals surface area (Å²) in [4.78, 5) is 33.0. The van der Waals surface area contributed by atoms with E-state index in [2.05, 4.69) is 16.7 Å². The fraction of sp³-hybridized carbons (Fsp3) is 0.360. The molecule has 31 heavy (non-hydrogen) atoms. The lowest BCUT2D eigenvalue weighted by molar-refractivity contribution is -0.120. The van der Waals surface area contributed by atoms with E-state index in [9.17, 15) is 9.59 Å². The number of carbonyl (C=O) groups is 2. The average Bonchev–Trinajstić information content (AvgIpc) is 3.05. The topological polar surface area (TPSA) is 53.1 Å². The molecule has 2 aliphatic heterocycles. The van der Waals surface area contributed by atoms with Crippen LogP contribution in [0.4, 0.5) is 5.69 Å². The van der Waals surface area contributed by atoms with Crippen LogP contribution in [0.1, 0.15) is 23.6 Å². The summed E-state index contributed by atoms with van der Waals surface area (Å²) >= 11 is 0. The van der Waals surface area contributed by atoms with Gasteiger partial charge in [0.2, 0.25) is 0 Å². The van der Waals surface area contributed by atoms with Crippen molar-refractivity contribution in [2.24, 2.45) is 0 Å². The second kappa shape index (κ2) is 8.55. The van der Waals surface area contributed by atoms with Crippen LogP contribution in [-0.2, 0) is 9.59 Å². The van der Waals surface area contributed by atoms with Crippen molar-refractivity contribution in [1.29, 1.82) is 0 Å². The van der Waals surface area contributed by atoms with Gasteiger partial charge in [0.1, 0.15) is 11.4 Å². The van der Waals surface area contributed by atoms with Gasteiger partial charge < -0.3 is 14.5 Å². The summed E-state index contributed by atoms with van der Waals surface area (Å²) in [5, 5.41) is 0. The molecule has 0 aromatic heterocycles. The Kier molecular flexibility index (Phi) is 5.83. The Balaban J connectivity index is 1.77. The van der Waals surface area contributed by atoms with Crippen LogP contribution in [0, 0.1) is 13.8 Å². The van der Waals surface area contributed by atoms with E-state index >= 15 is 0 Å². The van der Waals surface area contributed by atoms with Crippen LogP contribution in [0.5, 0.6) is 5.75 Å². The SMILES string of the molecule is CCN1CCN(C2=C(c3ccc(C)c(C)c3)C(=O)N(c3ccc(OC)cc3)C2=O)CC1. The Hall–Kier alpha value is -3.12. The van der Waals surface area contributed by atoms with Crippen molar-refractivity contribution in [3.8, 4) is 5.75 Å². The molecule has 0 radical (unpaired) electrons. The molecule has 1 fully saturated rings. The first kappa shape index (κ1) is 21.1. The molecule has 1 saturated heterocycles. The standard InChI is InChI=1S/C25H29N3O3/c1-5-26-12-14-27(15-13-26)23-22(19-7-6-17(2)18(3)16-19)24(29)28(25(23)30)20-8-10-21(31-4)11-9-20/h6-11,16H,5,12-15H2,1-4H3. The summed E-state index contributed by atoms with van der Waals surface area (Å²) in [7, 11) is 1.59. The molecule has 2 heterocycles. The highest BCUT2D eigenvalue weighted by Gasteiger charge is 2.43. The molecular weight excluding hydrogens is 390 g/mol. The molecule has 6 heteroatoms. The van der Waals surface area contributed by atoms with Gasteiger partial charge in [-0.1, -0.05) is 25.1 Å². The van der Waals surface area contributed by atoms with Gasteiger partial charge in [0, 0.05) is 26.2 Å². The Morgan fingerprint density at radius 1 is 0.871 bits per heavy atom. The van der Waals surface area contributed by atoms with Crippen LogP contribution in [-0.4, -0.2) is 61.4 Å². The molecule has 6 nitrogen and oxygen atoms in total. The van der Waals surface area contributed by atoms with E-state index in [-0.39, 0.29) is 11.8 Å². The first-order chi connectivity index (χ1) is 14.9. The predicted octanol–water partition coefficient (Wildman–Crippen LogP) is 3.23. The van der Waals surface area contributed by atoms with Crippen molar-refractivity contribution in [3.63, 3.8) is 0 Å². The smallest absolute Gasteiger partial charge is 0.282 e. The van der Waals surface area contributed by atoms with Gasteiger partial charge in [0.15, 0.2) is 0 Å². The lowest BCUT2D eigenvalue weighted by Crippen LogP contribution is -2.47. The van der Waals surface area contributed by atoms with Crippen molar-refractivity contribution in [1.82, 2.24) is 9.80 Å². The number of ether oxygens (including phenoxy) is 1. The number of aryl methyl sites for hydroxylation is 2. The minimum Gasteiger partial charge on any atom is -0.497 e. The zero-order valence-corrected chi connectivity index (χ0v) is 18.6. The summed E-state index contributed by atoms with van der Waals surface area (Å²) in [5.74, 6) is 0.154. The largest absolute Gasteiger partial charge is 0.497 e. The van der Waals surface area contributed by atoms with Crippen molar-refractivity contribution in [2.75, 3.05) is 44.7 Å². The number of piperazine rings is 1. The molecule has 2 amide bonds. The van der Waals surface area contributed by atoms with E-state index in [1.165, 1.54) is 4.90 Å². The van der Waals surface area contributed by atoms with Gasteiger partial charge in [-0.15, -0.1) is 0 Å². The number of amides is 2. The fourth-order valence-corrected chi connectivity index (χ4v) is 4.22. The van der Waals surface area contributed by atoms with Crippen LogP contribution in [0.3, 0.4) is 0 Å². The molecule has 0 spiro atoms. The number of rotatable bonds is 5. The fourth-order valence-electron chi connectivity index (χ4n) is 4.22. The third-order valence-electron chi connectivity index (χ3n) is 6.32. The summed E-state index contributed by atoms with van der Waals surface area (Å²) < 4.78 is 5.23. The maximum Gasteiger partial charge on any atom is 0.282 e. The van der Waals surface area contributed by atoms with Crippen LogP contribution in [0.15, 0.2) is 48.2 Å². The molecule has 2 aromatic rings. The number of hydrogen-bond donors (Lipinski definition) is 0. The van der Waals surface area contributed by atoms with Gasteiger partial charge in [-0.25, -0.2) is 4.90 Å². The minimum atomic E-state index is -0.272. The Morgan fingerprint density at radius 2 is 1.55 bits per heavy atom. The summed E-state index contributed by atoms with van der Waals surface area (Å²) in [6, 6.07) is 13.0. The molecule has 0 N–H and O–H groups in total. The molecule has 0 atom stereocenters. The molecule has 0 bridgehead atoms. The predicted molar refractivity (Wildman–Crippen MR) is 122 cm³/mol. The van der Waals surface area contributed by atoms with Crippen LogP contribution >= 0.6 is 0 Å². The van der Waals surface area contributed by atoms with Crippen molar-refractivity contribution in [3.05, 3.63) is 64.9 Å². The first-order valence-electron chi connectivity index (χ1n) is 10.8. The molecule has 0 unspecified atom stereocenters. The Morgan fingerprint density at radius 3 is 2.13 bits per heavy atom. The number of likely N-dealkylation sites (N-methyl/N-ethyl adjacent to an activating group) is 1. The quantitative estimate of drug-likeness (QED) is 0.697. The highest BCUT2D eigenvalue weighted by Crippen LogP contribution is 2.36. The summed E-state index contributed by atoms with van der Waals surface area (Å²) in [6.07, 6.45) is 0. The maximum absolute atomic E-state index is 13.6. The van der Waals surface area contributed by atoms with E-state index in [1.807, 2.05) is 32.0 Å². The number of imide groups is 1. The number of carbonyl (C=O) groups excluding carboxylic acids is 2. The monoisotopic (exact) mass is 419 g/mol. The van der Waals surface area contributed by atoms with Crippen molar-refractivity contribution < 1.29 is 14.3 Å². The normalized spacial score (nSPS) is 17.7. The maximum atomic E-state index is 13.6. The van der Waals surface area contributed by atoms with Gasteiger partial charge in [0.25, 0.3) is 11.8 Å². The molecule has 0 saturated carbocycles. The van der Waals surface area contributed by atoms with E-state index in [4.69, 9.17) is 4.74 Å². The number of anilines is 1. The number of hydrogen-bond acceptors (Lipinski definition) is 5. The summed E-state index contributed by atoms with van der Waals surface area (Å²) in [5.41, 5.74) is 4.62. The van der Waals surface area contributed by atoms with Crippen LogP contribution < -0.4 is 9.64 Å². The van der Waals surface area contributed by atoms with E-state index < -0.39 is 0 Å². The molecule has 4 rings (SSSR count). The molecule has 2 aromatic carbocycles. The first-order valence-corrected chi connectivity index (χ1v) is 10.8. The van der Waals surface area contributed by atoms with Gasteiger partial charge in [-0.3, -0.25) is 9.59 Å². The van der Waals surface area contributed by atoms with Crippen molar-refractivity contribution in [2.45, 2.75) is 20.8 Å². The highest BCUT2D eigenvalue weighted by atomic mass is 16.5. The second-order valence-corrected chi connectivity index (χ2v) is 8.09. The van der Waals surface area contributed by atoms with Gasteiger partial charge in [-0.2, -0.15) is 0 Å². The third kappa shape index (κ3) is 3.83. The van der Waals surface area contributed by atoms with Crippen LogP contribution in [0.2, 0.25) is 0 Å². The zero-order chi connectivity index (χ0) is 22.1. The minimum absolute atomic E-state index is 0.256. The molecule has 162 valence electrons. The third-order valence-corrected chi connectivity index (χ3v) is 6.32. The molecule has 2 aliphatic rings. The molecular formula is C25H29N3O3. The Bertz CT molecular complexity index is 1030. The highest BCUT2D eigenvalue weighted by molar-refractivity contribution is 6.45. The lowest BCUT2D eigenvalue weighted by atomic mass is 9.99.